The maximum absolute atomic E-state index is 4.37. The second kappa shape index (κ2) is 2.80. The van der Waals surface area contributed by atoms with Gasteiger partial charge in [0.2, 0.25) is 0 Å². The van der Waals surface area contributed by atoms with Crippen molar-refractivity contribution in [3.05, 3.63) is 12.2 Å². The van der Waals surface area contributed by atoms with Gasteiger partial charge in [0.15, 0.2) is 0 Å². The Bertz CT molecular complexity index is 306. The van der Waals surface area contributed by atoms with E-state index in [2.05, 4.69) is 20.1 Å². The first-order valence-electron chi connectivity index (χ1n) is 5.03. The summed E-state index contributed by atoms with van der Waals surface area (Å²) in [6.45, 7) is 3.35. The molecule has 1 N–H and O–H groups in total. The average molecular weight is 178 g/mol. The van der Waals surface area contributed by atoms with Crippen LogP contribution in [0.1, 0.15) is 24.6 Å². The van der Waals surface area contributed by atoms with Gasteiger partial charge >= 0.3 is 0 Å². The molecule has 13 heavy (non-hydrogen) atoms. The van der Waals surface area contributed by atoms with Crippen molar-refractivity contribution >= 4 is 0 Å². The maximum Gasteiger partial charge on any atom is 0.138 e. The summed E-state index contributed by atoms with van der Waals surface area (Å²) in [6, 6.07) is 0. The van der Waals surface area contributed by atoms with Crippen LogP contribution in [0.3, 0.4) is 0 Å². The van der Waals surface area contributed by atoms with Crippen LogP contribution in [0.2, 0.25) is 0 Å². The summed E-state index contributed by atoms with van der Waals surface area (Å²) in [4.78, 5) is 4.37. The predicted octanol–water partition coefficient (Wildman–Crippen LogP) is 0.375. The Morgan fingerprint density at radius 1 is 1.46 bits per heavy atom. The molecular formula is C9H14N4. The summed E-state index contributed by atoms with van der Waals surface area (Å²) in [7, 11) is 0. The van der Waals surface area contributed by atoms with Crippen molar-refractivity contribution in [3.8, 4) is 0 Å². The minimum atomic E-state index is 0.664. The van der Waals surface area contributed by atoms with E-state index in [9.17, 15) is 0 Å². The van der Waals surface area contributed by atoms with Gasteiger partial charge in [-0.3, -0.25) is 0 Å². The molecule has 0 radical (unpaired) electrons. The summed E-state index contributed by atoms with van der Waals surface area (Å²) in [6.07, 6.45) is 4.18. The van der Waals surface area contributed by atoms with E-state index in [1.807, 2.05) is 0 Å². The van der Waals surface area contributed by atoms with Crippen molar-refractivity contribution in [2.75, 3.05) is 13.1 Å². The van der Waals surface area contributed by atoms with Crippen LogP contribution in [-0.4, -0.2) is 27.9 Å². The topological polar surface area (TPSA) is 42.7 Å². The number of piperidine rings is 1. The third-order valence-corrected chi connectivity index (χ3v) is 3.30. The molecule has 3 heterocycles. The van der Waals surface area contributed by atoms with Gasteiger partial charge in [0, 0.05) is 12.5 Å². The molecule has 2 aliphatic rings. The van der Waals surface area contributed by atoms with E-state index in [4.69, 9.17) is 0 Å². The van der Waals surface area contributed by atoms with Crippen LogP contribution >= 0.6 is 0 Å². The minimum absolute atomic E-state index is 0.664. The molecule has 0 aromatic carbocycles. The van der Waals surface area contributed by atoms with Crippen LogP contribution in [0.4, 0.5) is 0 Å². The van der Waals surface area contributed by atoms with Crippen molar-refractivity contribution in [1.29, 1.82) is 0 Å². The van der Waals surface area contributed by atoms with Gasteiger partial charge in [-0.05, 0) is 31.8 Å². The number of nitrogens with zero attached hydrogens (tertiary/aromatic N) is 3. The van der Waals surface area contributed by atoms with E-state index < -0.39 is 0 Å². The van der Waals surface area contributed by atoms with Crippen LogP contribution in [0.25, 0.3) is 0 Å². The van der Waals surface area contributed by atoms with Gasteiger partial charge in [-0.15, -0.1) is 0 Å². The molecule has 0 saturated carbocycles. The van der Waals surface area contributed by atoms with Crippen LogP contribution < -0.4 is 5.32 Å². The van der Waals surface area contributed by atoms with E-state index in [1.165, 1.54) is 18.7 Å². The van der Waals surface area contributed by atoms with E-state index in [-0.39, 0.29) is 0 Å². The summed E-state index contributed by atoms with van der Waals surface area (Å²) in [5.41, 5.74) is 0. The molecule has 0 spiro atoms. The molecular weight excluding hydrogens is 164 g/mol. The highest BCUT2D eigenvalue weighted by molar-refractivity contribution is 5.04. The lowest BCUT2D eigenvalue weighted by Crippen LogP contribution is -2.39. The first kappa shape index (κ1) is 7.50. The quantitative estimate of drug-likeness (QED) is 0.624. The lowest BCUT2D eigenvalue weighted by Gasteiger charge is -2.35. The van der Waals surface area contributed by atoms with Gasteiger partial charge in [0.1, 0.15) is 12.2 Å². The molecule has 0 amide bonds. The van der Waals surface area contributed by atoms with Gasteiger partial charge in [-0.25, -0.2) is 9.67 Å². The highest BCUT2D eigenvalue weighted by Crippen LogP contribution is 2.34. The second-order valence-electron chi connectivity index (χ2n) is 3.99. The molecule has 0 aliphatic carbocycles. The van der Waals surface area contributed by atoms with Crippen molar-refractivity contribution in [1.82, 2.24) is 20.1 Å². The molecule has 1 aromatic heterocycles. The van der Waals surface area contributed by atoms with Gasteiger partial charge < -0.3 is 5.32 Å². The molecule has 2 atom stereocenters. The third kappa shape index (κ3) is 1.09. The predicted molar refractivity (Wildman–Crippen MR) is 48.4 cm³/mol. The molecule has 0 bridgehead atoms. The number of hydrogen-bond donors (Lipinski definition) is 1. The lowest BCUT2D eigenvalue weighted by molar-refractivity contribution is 0.243. The first-order valence-corrected chi connectivity index (χ1v) is 5.03. The van der Waals surface area contributed by atoms with Crippen LogP contribution in [0.15, 0.2) is 6.33 Å². The lowest BCUT2D eigenvalue weighted by atomic mass is 9.81. The van der Waals surface area contributed by atoms with E-state index in [0.29, 0.717) is 5.92 Å². The van der Waals surface area contributed by atoms with E-state index in [0.717, 1.165) is 25.6 Å². The normalized spacial score (nSPS) is 32.3. The number of fused-ring (bicyclic) bond motifs is 3. The van der Waals surface area contributed by atoms with Crippen LogP contribution in [-0.2, 0) is 6.54 Å². The van der Waals surface area contributed by atoms with Gasteiger partial charge in [-0.1, -0.05) is 0 Å². The number of aryl methyl sites for hydroxylation is 1. The minimum Gasteiger partial charge on any atom is -0.316 e. The molecule has 1 aromatic rings. The monoisotopic (exact) mass is 178 g/mol. The molecule has 4 nitrogen and oxygen atoms in total. The molecule has 4 heteroatoms. The SMILES string of the molecule is c1nc2n(n1)CCC1CNCCC21. The Hall–Kier alpha value is -0.900. The molecule has 2 unspecified atom stereocenters. The van der Waals surface area contributed by atoms with Crippen LogP contribution in [0, 0.1) is 5.92 Å². The van der Waals surface area contributed by atoms with Crippen molar-refractivity contribution in [2.45, 2.75) is 25.3 Å². The summed E-state index contributed by atoms with van der Waals surface area (Å²) in [5, 5.41) is 7.68. The van der Waals surface area contributed by atoms with E-state index in [1.54, 1.807) is 6.33 Å². The summed E-state index contributed by atoms with van der Waals surface area (Å²) >= 11 is 0. The standard InChI is InChI=1S/C9H14N4/c1-3-10-5-7-2-4-13-9(8(1)7)11-6-12-13/h6-8,10H,1-5H2. The molecule has 3 rings (SSSR count). The first-order chi connectivity index (χ1) is 6.45. The van der Waals surface area contributed by atoms with Gasteiger partial charge in [0.25, 0.3) is 0 Å². The van der Waals surface area contributed by atoms with Crippen molar-refractivity contribution in [2.24, 2.45) is 5.92 Å². The number of nitrogens with one attached hydrogen (secondary N) is 1. The Morgan fingerprint density at radius 3 is 3.46 bits per heavy atom. The third-order valence-electron chi connectivity index (χ3n) is 3.30. The number of aromatic nitrogens is 3. The maximum atomic E-state index is 4.37. The second-order valence-corrected chi connectivity index (χ2v) is 3.99. The fourth-order valence-electron chi connectivity index (χ4n) is 2.59. The van der Waals surface area contributed by atoms with Crippen LogP contribution in [0.5, 0.6) is 0 Å². The number of rotatable bonds is 0. The molecule has 70 valence electrons. The zero-order chi connectivity index (χ0) is 8.67. The van der Waals surface area contributed by atoms with E-state index >= 15 is 0 Å². The van der Waals surface area contributed by atoms with Crippen molar-refractivity contribution < 1.29 is 0 Å². The Kier molecular flexibility index (Phi) is 1.62. The molecule has 2 aliphatic heterocycles. The van der Waals surface area contributed by atoms with Gasteiger partial charge in [-0.2, -0.15) is 5.10 Å². The Morgan fingerprint density at radius 2 is 2.46 bits per heavy atom. The zero-order valence-electron chi connectivity index (χ0n) is 7.61. The fraction of sp³-hybridized carbons (Fsp3) is 0.778. The largest absolute Gasteiger partial charge is 0.316 e. The summed E-state index contributed by atoms with van der Waals surface area (Å²) < 4.78 is 2.08. The molecule has 1 fully saturated rings. The van der Waals surface area contributed by atoms with Crippen molar-refractivity contribution in [3.63, 3.8) is 0 Å². The summed E-state index contributed by atoms with van der Waals surface area (Å²) in [5.74, 6) is 2.68. The number of hydrogen-bond acceptors (Lipinski definition) is 3. The highest BCUT2D eigenvalue weighted by Gasteiger charge is 2.33. The molecule has 1 saturated heterocycles. The smallest absolute Gasteiger partial charge is 0.138 e. The highest BCUT2D eigenvalue weighted by atomic mass is 15.3. The average Bonchev–Trinajstić information content (AvgIpc) is 2.65. The Balaban J connectivity index is 1.97. The Labute approximate surface area is 77.4 Å². The fourth-order valence-corrected chi connectivity index (χ4v) is 2.59. The van der Waals surface area contributed by atoms with Gasteiger partial charge in [0.05, 0.1) is 0 Å². The zero-order valence-corrected chi connectivity index (χ0v) is 7.61.